The van der Waals surface area contributed by atoms with E-state index in [4.69, 9.17) is 21.6 Å². The number of thiophene rings is 1. The van der Waals surface area contributed by atoms with Gasteiger partial charge < -0.3 is 5.32 Å². The highest BCUT2D eigenvalue weighted by atomic mass is 127. The maximum Gasteiger partial charge on any atom is 0.171 e. The summed E-state index contributed by atoms with van der Waals surface area (Å²) >= 11 is 9.98. The normalized spacial score (nSPS) is 15.6. The van der Waals surface area contributed by atoms with Gasteiger partial charge >= 0.3 is 0 Å². The summed E-state index contributed by atoms with van der Waals surface area (Å²) in [5.74, 6) is 2.33. The SMILES string of the molecule is CCNc1nc(-c2ccc(Cl)s2)nc(C2CCCC2)c1I. The molecule has 112 valence electrons. The second-order valence-electron chi connectivity index (χ2n) is 5.21. The molecular weight excluding hydrogens is 417 g/mol. The molecular formula is C15H17ClIN3S. The lowest BCUT2D eigenvalue weighted by Crippen LogP contribution is -2.09. The lowest BCUT2D eigenvalue weighted by molar-refractivity contribution is 0.691. The lowest BCUT2D eigenvalue weighted by Gasteiger charge is -2.15. The lowest BCUT2D eigenvalue weighted by atomic mass is 10.0. The average molecular weight is 434 g/mol. The molecule has 0 radical (unpaired) electrons. The second-order valence-corrected chi connectivity index (χ2v) is 8.00. The maximum atomic E-state index is 6.06. The van der Waals surface area contributed by atoms with Crippen molar-refractivity contribution in [1.82, 2.24) is 9.97 Å². The highest BCUT2D eigenvalue weighted by molar-refractivity contribution is 14.1. The third-order valence-electron chi connectivity index (χ3n) is 3.76. The Hall–Kier alpha value is -0.400. The molecule has 0 atom stereocenters. The minimum Gasteiger partial charge on any atom is -0.369 e. The van der Waals surface area contributed by atoms with Gasteiger partial charge in [-0.05, 0) is 54.5 Å². The number of nitrogens with one attached hydrogen (secondary N) is 1. The van der Waals surface area contributed by atoms with Gasteiger partial charge in [0.25, 0.3) is 0 Å². The van der Waals surface area contributed by atoms with Gasteiger partial charge in [-0.3, -0.25) is 0 Å². The first-order valence-corrected chi connectivity index (χ1v) is 9.53. The van der Waals surface area contributed by atoms with E-state index in [1.807, 2.05) is 12.1 Å². The van der Waals surface area contributed by atoms with Crippen molar-refractivity contribution in [2.75, 3.05) is 11.9 Å². The molecule has 0 spiro atoms. The van der Waals surface area contributed by atoms with E-state index in [1.54, 1.807) is 0 Å². The number of anilines is 1. The van der Waals surface area contributed by atoms with Gasteiger partial charge in [0, 0.05) is 12.5 Å². The minimum absolute atomic E-state index is 0.575. The molecule has 0 aliphatic heterocycles. The van der Waals surface area contributed by atoms with E-state index in [2.05, 4.69) is 34.8 Å². The predicted octanol–water partition coefficient (Wildman–Crippen LogP) is 5.55. The van der Waals surface area contributed by atoms with E-state index < -0.39 is 0 Å². The van der Waals surface area contributed by atoms with Crippen LogP contribution in [0.25, 0.3) is 10.7 Å². The fraction of sp³-hybridized carbons (Fsp3) is 0.467. The van der Waals surface area contributed by atoms with Crippen LogP contribution in [0.15, 0.2) is 12.1 Å². The third kappa shape index (κ3) is 3.35. The van der Waals surface area contributed by atoms with Crippen LogP contribution in [0, 0.1) is 3.57 Å². The van der Waals surface area contributed by atoms with Crippen LogP contribution in [0.3, 0.4) is 0 Å². The number of hydrogen-bond acceptors (Lipinski definition) is 4. The zero-order chi connectivity index (χ0) is 14.8. The van der Waals surface area contributed by atoms with E-state index in [1.165, 1.54) is 46.3 Å². The Morgan fingerprint density at radius 3 is 2.71 bits per heavy atom. The highest BCUT2D eigenvalue weighted by Gasteiger charge is 2.24. The fourth-order valence-corrected chi connectivity index (χ4v) is 4.61. The van der Waals surface area contributed by atoms with E-state index in [0.29, 0.717) is 5.92 Å². The molecule has 2 aromatic rings. The van der Waals surface area contributed by atoms with Crippen molar-refractivity contribution < 1.29 is 0 Å². The summed E-state index contributed by atoms with van der Waals surface area (Å²) in [5.41, 5.74) is 1.21. The quantitative estimate of drug-likeness (QED) is 0.642. The molecule has 1 N–H and O–H groups in total. The van der Waals surface area contributed by atoms with Gasteiger partial charge in [-0.2, -0.15) is 0 Å². The first-order valence-electron chi connectivity index (χ1n) is 7.26. The molecule has 6 heteroatoms. The van der Waals surface area contributed by atoms with Crippen LogP contribution in [0.4, 0.5) is 5.82 Å². The van der Waals surface area contributed by atoms with Crippen molar-refractivity contribution in [2.24, 2.45) is 0 Å². The van der Waals surface area contributed by atoms with Crippen molar-refractivity contribution in [2.45, 2.75) is 38.5 Å². The van der Waals surface area contributed by atoms with Gasteiger partial charge in [0.1, 0.15) is 5.82 Å². The van der Waals surface area contributed by atoms with Crippen molar-refractivity contribution in [3.63, 3.8) is 0 Å². The molecule has 1 fully saturated rings. The van der Waals surface area contributed by atoms with Crippen LogP contribution >= 0.6 is 45.5 Å². The fourth-order valence-electron chi connectivity index (χ4n) is 2.76. The molecule has 0 amide bonds. The highest BCUT2D eigenvalue weighted by Crippen LogP contribution is 2.39. The summed E-state index contributed by atoms with van der Waals surface area (Å²) < 4.78 is 1.95. The number of aromatic nitrogens is 2. The molecule has 2 aromatic heterocycles. The molecule has 0 unspecified atom stereocenters. The predicted molar refractivity (Wildman–Crippen MR) is 98.4 cm³/mol. The average Bonchev–Trinajstić information content (AvgIpc) is 3.12. The molecule has 3 nitrogen and oxygen atoms in total. The van der Waals surface area contributed by atoms with Gasteiger partial charge in [-0.1, -0.05) is 24.4 Å². The summed E-state index contributed by atoms with van der Waals surface area (Å²) in [6.07, 6.45) is 5.09. The molecule has 0 aromatic carbocycles. The zero-order valence-electron chi connectivity index (χ0n) is 11.8. The second kappa shape index (κ2) is 6.79. The Morgan fingerprint density at radius 1 is 1.33 bits per heavy atom. The van der Waals surface area contributed by atoms with E-state index in [9.17, 15) is 0 Å². The van der Waals surface area contributed by atoms with Crippen molar-refractivity contribution in [3.05, 3.63) is 25.7 Å². The molecule has 1 aliphatic rings. The van der Waals surface area contributed by atoms with Crippen LogP contribution in [-0.4, -0.2) is 16.5 Å². The van der Waals surface area contributed by atoms with Gasteiger partial charge in [-0.25, -0.2) is 9.97 Å². The summed E-state index contributed by atoms with van der Waals surface area (Å²) in [4.78, 5) is 10.6. The number of halogens is 2. The molecule has 0 bridgehead atoms. The number of nitrogens with zero attached hydrogens (tertiary/aromatic N) is 2. The monoisotopic (exact) mass is 433 g/mol. The van der Waals surface area contributed by atoms with Gasteiger partial charge in [0.05, 0.1) is 18.5 Å². The number of hydrogen-bond donors (Lipinski definition) is 1. The van der Waals surface area contributed by atoms with Crippen molar-refractivity contribution in [3.8, 4) is 10.7 Å². The molecule has 21 heavy (non-hydrogen) atoms. The van der Waals surface area contributed by atoms with Crippen LogP contribution in [0.1, 0.15) is 44.2 Å². The zero-order valence-corrected chi connectivity index (χ0v) is 15.6. The minimum atomic E-state index is 0.575. The molecule has 3 rings (SSSR count). The van der Waals surface area contributed by atoms with Crippen LogP contribution in [-0.2, 0) is 0 Å². The summed E-state index contributed by atoms with van der Waals surface area (Å²) in [5, 5.41) is 3.37. The van der Waals surface area contributed by atoms with Crippen LogP contribution in [0.5, 0.6) is 0 Å². The Kier molecular flexibility index (Phi) is 5.01. The summed E-state index contributed by atoms with van der Waals surface area (Å²) in [6, 6.07) is 3.91. The Balaban J connectivity index is 2.07. The summed E-state index contributed by atoms with van der Waals surface area (Å²) in [7, 11) is 0. The van der Waals surface area contributed by atoms with Crippen molar-refractivity contribution in [1.29, 1.82) is 0 Å². The van der Waals surface area contributed by atoms with Crippen molar-refractivity contribution >= 4 is 51.3 Å². The van der Waals surface area contributed by atoms with Crippen LogP contribution in [0.2, 0.25) is 4.34 Å². The largest absolute Gasteiger partial charge is 0.369 e. The Bertz CT molecular complexity index is 638. The van der Waals surface area contributed by atoms with Gasteiger partial charge in [-0.15, -0.1) is 11.3 Å². The molecule has 1 aliphatic carbocycles. The maximum absolute atomic E-state index is 6.06. The Labute approximate surface area is 147 Å². The number of rotatable bonds is 4. The van der Waals surface area contributed by atoms with Gasteiger partial charge in [0.2, 0.25) is 0 Å². The molecule has 0 saturated heterocycles. The molecule has 2 heterocycles. The standard InChI is InChI=1S/C15H17ClIN3S/c1-2-18-15-12(17)13(9-5-3-4-6-9)19-14(20-15)10-7-8-11(16)21-10/h7-9H,2-6H2,1H3,(H,18,19,20). The first kappa shape index (κ1) is 15.5. The van der Waals surface area contributed by atoms with E-state index >= 15 is 0 Å². The van der Waals surface area contributed by atoms with Crippen LogP contribution < -0.4 is 5.32 Å². The first-order chi connectivity index (χ1) is 10.2. The summed E-state index contributed by atoms with van der Waals surface area (Å²) in [6.45, 7) is 2.96. The third-order valence-corrected chi connectivity index (χ3v) is 6.05. The molecule has 1 saturated carbocycles. The topological polar surface area (TPSA) is 37.8 Å². The van der Waals surface area contributed by atoms with E-state index in [0.717, 1.165) is 27.4 Å². The van der Waals surface area contributed by atoms with E-state index in [-0.39, 0.29) is 0 Å². The Morgan fingerprint density at radius 2 is 2.10 bits per heavy atom. The van der Waals surface area contributed by atoms with Gasteiger partial charge in [0.15, 0.2) is 5.82 Å². The smallest absolute Gasteiger partial charge is 0.171 e.